The topological polar surface area (TPSA) is 46.5 Å². The second kappa shape index (κ2) is 5.67. The monoisotopic (exact) mass is 228 g/mol. The SMILES string of the molecule is CC(C)CCOC1(C(=O)O)CCCC(C)C1. The fraction of sp³-hybridized carbons (Fsp3) is 0.923. The van der Waals surface area contributed by atoms with Crippen molar-refractivity contribution in [1.82, 2.24) is 0 Å². The summed E-state index contributed by atoms with van der Waals surface area (Å²) < 4.78 is 5.71. The van der Waals surface area contributed by atoms with Gasteiger partial charge in [-0.05, 0) is 37.5 Å². The van der Waals surface area contributed by atoms with Crippen LogP contribution >= 0.6 is 0 Å². The van der Waals surface area contributed by atoms with Crippen molar-refractivity contribution in [2.75, 3.05) is 6.61 Å². The Labute approximate surface area is 98.2 Å². The van der Waals surface area contributed by atoms with Crippen molar-refractivity contribution >= 4 is 5.97 Å². The van der Waals surface area contributed by atoms with Crippen molar-refractivity contribution in [2.45, 2.75) is 58.5 Å². The molecular formula is C13H24O3. The molecule has 94 valence electrons. The van der Waals surface area contributed by atoms with E-state index in [1.165, 1.54) is 0 Å². The Morgan fingerprint density at radius 2 is 2.25 bits per heavy atom. The molecule has 1 aliphatic rings. The largest absolute Gasteiger partial charge is 0.479 e. The van der Waals surface area contributed by atoms with Crippen molar-refractivity contribution in [2.24, 2.45) is 11.8 Å². The smallest absolute Gasteiger partial charge is 0.335 e. The average Bonchev–Trinajstić information content (AvgIpc) is 2.16. The molecule has 0 saturated heterocycles. The minimum Gasteiger partial charge on any atom is -0.479 e. The number of ether oxygens (including phenoxy) is 1. The van der Waals surface area contributed by atoms with Gasteiger partial charge in [0.25, 0.3) is 0 Å². The van der Waals surface area contributed by atoms with E-state index in [0.717, 1.165) is 19.3 Å². The summed E-state index contributed by atoms with van der Waals surface area (Å²) >= 11 is 0. The first-order chi connectivity index (χ1) is 7.46. The lowest BCUT2D eigenvalue weighted by molar-refractivity contribution is -0.173. The summed E-state index contributed by atoms with van der Waals surface area (Å²) in [4.78, 5) is 11.4. The highest BCUT2D eigenvalue weighted by molar-refractivity contribution is 5.77. The van der Waals surface area contributed by atoms with Gasteiger partial charge in [0, 0.05) is 6.61 Å². The Kier molecular flexibility index (Phi) is 4.78. The van der Waals surface area contributed by atoms with Crippen LogP contribution in [-0.2, 0) is 9.53 Å². The summed E-state index contributed by atoms with van der Waals surface area (Å²) in [6.45, 7) is 6.93. The lowest BCUT2D eigenvalue weighted by Gasteiger charge is -2.36. The lowest BCUT2D eigenvalue weighted by Crippen LogP contribution is -2.45. The number of rotatable bonds is 5. The standard InChI is InChI=1S/C13H24O3/c1-10(2)6-8-16-13(12(14)15)7-4-5-11(3)9-13/h10-11H,4-9H2,1-3H3,(H,14,15). The zero-order chi connectivity index (χ0) is 12.2. The highest BCUT2D eigenvalue weighted by atomic mass is 16.5. The Morgan fingerprint density at radius 3 is 2.75 bits per heavy atom. The molecule has 0 amide bonds. The molecule has 0 radical (unpaired) electrons. The summed E-state index contributed by atoms with van der Waals surface area (Å²) in [7, 11) is 0. The van der Waals surface area contributed by atoms with Gasteiger partial charge in [0.2, 0.25) is 0 Å². The predicted molar refractivity (Wildman–Crippen MR) is 63.4 cm³/mol. The molecule has 2 unspecified atom stereocenters. The second-order valence-corrected chi connectivity index (χ2v) is 5.53. The van der Waals surface area contributed by atoms with E-state index in [1.54, 1.807) is 0 Å². The number of carboxylic acids is 1. The molecule has 0 aromatic rings. The summed E-state index contributed by atoms with van der Waals surface area (Å²) in [6, 6.07) is 0. The third-order valence-corrected chi connectivity index (χ3v) is 3.42. The van der Waals surface area contributed by atoms with Gasteiger partial charge in [0.1, 0.15) is 0 Å². The molecule has 0 aliphatic heterocycles. The molecule has 0 spiro atoms. The van der Waals surface area contributed by atoms with Gasteiger partial charge >= 0.3 is 5.97 Å². The summed E-state index contributed by atoms with van der Waals surface area (Å²) in [5.74, 6) is 0.249. The molecule has 0 bridgehead atoms. The van der Waals surface area contributed by atoms with Gasteiger partial charge in [-0.1, -0.05) is 27.2 Å². The maximum atomic E-state index is 11.4. The number of carboxylic acid groups (broad SMARTS) is 1. The second-order valence-electron chi connectivity index (χ2n) is 5.53. The fourth-order valence-corrected chi connectivity index (χ4v) is 2.38. The van der Waals surface area contributed by atoms with Crippen LogP contribution in [0.2, 0.25) is 0 Å². The van der Waals surface area contributed by atoms with Crippen molar-refractivity contribution in [3.8, 4) is 0 Å². The minimum absolute atomic E-state index is 0.462. The van der Waals surface area contributed by atoms with Crippen LogP contribution in [0.25, 0.3) is 0 Å². The molecule has 1 fully saturated rings. The van der Waals surface area contributed by atoms with Gasteiger partial charge < -0.3 is 9.84 Å². The predicted octanol–water partition coefficient (Wildman–Crippen LogP) is 3.08. The van der Waals surface area contributed by atoms with Crippen LogP contribution in [-0.4, -0.2) is 23.3 Å². The molecular weight excluding hydrogens is 204 g/mol. The maximum absolute atomic E-state index is 11.4. The molecule has 1 N–H and O–H groups in total. The normalized spacial score (nSPS) is 30.6. The lowest BCUT2D eigenvalue weighted by atomic mass is 9.78. The van der Waals surface area contributed by atoms with E-state index < -0.39 is 11.6 Å². The van der Waals surface area contributed by atoms with E-state index in [-0.39, 0.29) is 0 Å². The molecule has 16 heavy (non-hydrogen) atoms. The Morgan fingerprint density at radius 1 is 1.56 bits per heavy atom. The van der Waals surface area contributed by atoms with Crippen molar-refractivity contribution in [3.05, 3.63) is 0 Å². The third-order valence-electron chi connectivity index (χ3n) is 3.42. The zero-order valence-corrected chi connectivity index (χ0v) is 10.7. The van der Waals surface area contributed by atoms with E-state index in [1.807, 2.05) is 0 Å². The summed E-state index contributed by atoms with van der Waals surface area (Å²) in [5.41, 5.74) is -0.896. The number of hydrogen-bond acceptors (Lipinski definition) is 2. The summed E-state index contributed by atoms with van der Waals surface area (Å²) in [6.07, 6.45) is 4.37. The number of aliphatic carboxylic acids is 1. The van der Waals surface area contributed by atoms with Crippen molar-refractivity contribution in [3.63, 3.8) is 0 Å². The van der Waals surface area contributed by atoms with Gasteiger partial charge in [0.15, 0.2) is 5.60 Å². The van der Waals surface area contributed by atoms with Gasteiger partial charge in [-0.3, -0.25) is 0 Å². The van der Waals surface area contributed by atoms with Crippen LogP contribution in [0.5, 0.6) is 0 Å². The molecule has 3 nitrogen and oxygen atoms in total. The van der Waals surface area contributed by atoms with Crippen molar-refractivity contribution in [1.29, 1.82) is 0 Å². The Hall–Kier alpha value is -0.570. The number of carbonyl (C=O) groups is 1. The molecule has 0 heterocycles. The first-order valence-corrected chi connectivity index (χ1v) is 6.33. The van der Waals surface area contributed by atoms with E-state index >= 15 is 0 Å². The first-order valence-electron chi connectivity index (χ1n) is 6.33. The zero-order valence-electron chi connectivity index (χ0n) is 10.7. The maximum Gasteiger partial charge on any atom is 0.335 e. The van der Waals surface area contributed by atoms with E-state index in [4.69, 9.17) is 4.74 Å². The van der Waals surface area contributed by atoms with Crippen LogP contribution in [0.15, 0.2) is 0 Å². The van der Waals surface area contributed by atoms with Gasteiger partial charge in [-0.2, -0.15) is 0 Å². The van der Waals surface area contributed by atoms with Gasteiger partial charge in [-0.25, -0.2) is 4.79 Å². The summed E-state index contributed by atoms with van der Waals surface area (Å²) in [5, 5.41) is 9.35. The van der Waals surface area contributed by atoms with Crippen LogP contribution in [0, 0.1) is 11.8 Å². The highest BCUT2D eigenvalue weighted by Gasteiger charge is 2.42. The highest BCUT2D eigenvalue weighted by Crippen LogP contribution is 2.35. The molecule has 2 atom stereocenters. The number of hydrogen-bond donors (Lipinski definition) is 1. The van der Waals surface area contributed by atoms with E-state index in [0.29, 0.717) is 31.3 Å². The first kappa shape index (κ1) is 13.5. The fourth-order valence-electron chi connectivity index (χ4n) is 2.38. The van der Waals surface area contributed by atoms with Gasteiger partial charge in [0.05, 0.1) is 0 Å². The van der Waals surface area contributed by atoms with E-state index in [9.17, 15) is 9.90 Å². The molecule has 3 heteroatoms. The molecule has 1 aliphatic carbocycles. The van der Waals surface area contributed by atoms with Crippen LogP contribution in [0.3, 0.4) is 0 Å². The molecule has 1 rings (SSSR count). The molecule has 0 aromatic carbocycles. The quantitative estimate of drug-likeness (QED) is 0.786. The van der Waals surface area contributed by atoms with E-state index in [2.05, 4.69) is 20.8 Å². The Balaban J connectivity index is 2.55. The minimum atomic E-state index is -0.896. The van der Waals surface area contributed by atoms with Crippen LogP contribution < -0.4 is 0 Å². The third kappa shape index (κ3) is 3.48. The molecule has 1 saturated carbocycles. The van der Waals surface area contributed by atoms with Crippen LogP contribution in [0.1, 0.15) is 52.9 Å². The Bertz CT molecular complexity index is 237. The average molecular weight is 228 g/mol. The van der Waals surface area contributed by atoms with Crippen LogP contribution in [0.4, 0.5) is 0 Å². The van der Waals surface area contributed by atoms with Gasteiger partial charge in [-0.15, -0.1) is 0 Å². The molecule has 0 aromatic heterocycles. The van der Waals surface area contributed by atoms with Crippen molar-refractivity contribution < 1.29 is 14.6 Å².